The van der Waals surface area contributed by atoms with Gasteiger partial charge in [0.25, 0.3) is 0 Å². The molecule has 2 aromatic heterocycles. The maximum atomic E-state index is 11.9. The number of nitrogens with one attached hydrogen (secondary N) is 2. The molecule has 0 aliphatic rings. The Labute approximate surface area is 149 Å². The fourth-order valence-electron chi connectivity index (χ4n) is 1.93. The minimum atomic E-state index is -0.592. The van der Waals surface area contributed by atoms with Crippen LogP contribution < -0.4 is 5.69 Å². The van der Waals surface area contributed by atoms with Crippen LogP contribution in [0.2, 0.25) is 10.0 Å². The van der Waals surface area contributed by atoms with Gasteiger partial charge in [-0.1, -0.05) is 40.2 Å². The Morgan fingerprint density at radius 1 is 1.33 bits per heavy atom. The predicted molar refractivity (Wildman–Crippen MR) is 88.8 cm³/mol. The van der Waals surface area contributed by atoms with E-state index in [0.717, 1.165) is 11.8 Å². The van der Waals surface area contributed by atoms with Crippen molar-refractivity contribution >= 4 is 35.0 Å². The summed E-state index contributed by atoms with van der Waals surface area (Å²) in [7, 11) is 0. The summed E-state index contributed by atoms with van der Waals surface area (Å²) in [4.78, 5) is 18.3. The van der Waals surface area contributed by atoms with Gasteiger partial charge in [0.1, 0.15) is 16.7 Å². The number of nitrogens with zero attached hydrogens (tertiary/aromatic N) is 5. The highest BCUT2D eigenvalue weighted by molar-refractivity contribution is 7.98. The van der Waals surface area contributed by atoms with E-state index in [0.29, 0.717) is 27.2 Å². The molecule has 0 fully saturated rings. The van der Waals surface area contributed by atoms with E-state index in [1.54, 1.807) is 12.1 Å². The molecule has 0 spiro atoms. The summed E-state index contributed by atoms with van der Waals surface area (Å²) in [5.74, 6) is 0.729. The minimum Gasteiger partial charge on any atom is -0.304 e. The molecular formula is C13H7Cl2N7OS. The van der Waals surface area contributed by atoms with Gasteiger partial charge in [-0.3, -0.25) is 0 Å². The van der Waals surface area contributed by atoms with Gasteiger partial charge in [0.15, 0.2) is 5.82 Å². The number of benzene rings is 1. The topological polar surface area (TPSA) is 124 Å². The van der Waals surface area contributed by atoms with Crippen LogP contribution >= 0.6 is 35.0 Å². The lowest BCUT2D eigenvalue weighted by Crippen LogP contribution is -2.14. The van der Waals surface area contributed by atoms with E-state index < -0.39 is 5.69 Å². The van der Waals surface area contributed by atoms with E-state index in [-0.39, 0.29) is 16.3 Å². The summed E-state index contributed by atoms with van der Waals surface area (Å²) < 4.78 is 0. The maximum Gasteiger partial charge on any atom is 0.346 e. The molecule has 1 aromatic carbocycles. The highest BCUT2D eigenvalue weighted by Crippen LogP contribution is 2.33. The first-order valence-electron chi connectivity index (χ1n) is 6.43. The number of nitriles is 1. The monoisotopic (exact) mass is 379 g/mol. The summed E-state index contributed by atoms with van der Waals surface area (Å²) >= 11 is 13.2. The van der Waals surface area contributed by atoms with Crippen molar-refractivity contribution in [3.05, 3.63) is 50.1 Å². The molecule has 2 heterocycles. The normalized spacial score (nSPS) is 10.5. The summed E-state index contributed by atoms with van der Waals surface area (Å²) in [6, 6.07) is 6.83. The first kappa shape index (κ1) is 16.4. The Morgan fingerprint density at radius 2 is 2.17 bits per heavy atom. The van der Waals surface area contributed by atoms with Crippen LogP contribution in [-0.4, -0.2) is 30.6 Å². The molecule has 0 amide bonds. The molecule has 3 rings (SSSR count). The van der Waals surface area contributed by atoms with Crippen molar-refractivity contribution in [1.29, 1.82) is 5.26 Å². The van der Waals surface area contributed by atoms with Crippen LogP contribution in [0.25, 0.3) is 11.3 Å². The van der Waals surface area contributed by atoms with Gasteiger partial charge in [-0.25, -0.2) is 4.79 Å². The Hall–Kier alpha value is -2.41. The van der Waals surface area contributed by atoms with Gasteiger partial charge in [-0.15, -0.1) is 10.2 Å². The Bertz CT molecular complexity index is 981. The average Bonchev–Trinajstić information content (AvgIpc) is 3.06. The average molecular weight is 380 g/mol. The first-order chi connectivity index (χ1) is 11.6. The Balaban J connectivity index is 2.06. The van der Waals surface area contributed by atoms with E-state index in [4.69, 9.17) is 23.2 Å². The molecule has 8 nitrogen and oxygen atoms in total. The third-order valence-corrected chi connectivity index (χ3v) is 4.46. The third-order valence-electron chi connectivity index (χ3n) is 2.94. The van der Waals surface area contributed by atoms with Crippen LogP contribution in [-0.2, 0) is 5.75 Å². The molecule has 0 saturated carbocycles. The highest BCUT2D eigenvalue weighted by atomic mass is 35.5. The van der Waals surface area contributed by atoms with Crippen LogP contribution in [0.4, 0.5) is 0 Å². The second-order valence-electron chi connectivity index (χ2n) is 4.45. The van der Waals surface area contributed by atoms with Gasteiger partial charge in [0.05, 0.1) is 16.5 Å². The van der Waals surface area contributed by atoms with Gasteiger partial charge in [0, 0.05) is 10.6 Å². The molecular weight excluding hydrogens is 373 g/mol. The van der Waals surface area contributed by atoms with Crippen LogP contribution in [0.3, 0.4) is 0 Å². The van der Waals surface area contributed by atoms with Crippen molar-refractivity contribution in [2.24, 2.45) is 0 Å². The summed E-state index contributed by atoms with van der Waals surface area (Å²) in [6.07, 6.45) is 0. The zero-order valence-corrected chi connectivity index (χ0v) is 14.1. The fraction of sp³-hybridized carbons (Fsp3) is 0.0769. The Morgan fingerprint density at radius 3 is 2.83 bits per heavy atom. The van der Waals surface area contributed by atoms with E-state index in [9.17, 15) is 10.1 Å². The summed E-state index contributed by atoms with van der Waals surface area (Å²) in [6.45, 7) is 0. The summed E-state index contributed by atoms with van der Waals surface area (Å²) in [5.41, 5.74) is 0.381. The SMILES string of the molecule is N#Cc1c(SCc2nn[nH]n2)nc(=O)[nH]c1-c1ccc(Cl)cc1Cl. The van der Waals surface area contributed by atoms with E-state index in [1.165, 1.54) is 6.07 Å². The number of aromatic amines is 2. The molecule has 120 valence electrons. The quantitative estimate of drug-likeness (QED) is 0.526. The van der Waals surface area contributed by atoms with Gasteiger partial charge < -0.3 is 4.98 Å². The fourth-order valence-corrected chi connectivity index (χ4v) is 3.26. The van der Waals surface area contributed by atoms with Crippen LogP contribution in [0, 0.1) is 11.3 Å². The lowest BCUT2D eigenvalue weighted by molar-refractivity contribution is 0.881. The van der Waals surface area contributed by atoms with Gasteiger partial charge in [0.2, 0.25) is 0 Å². The minimum absolute atomic E-state index is 0.201. The van der Waals surface area contributed by atoms with Crippen molar-refractivity contribution in [3.8, 4) is 17.3 Å². The number of rotatable bonds is 4. The lowest BCUT2D eigenvalue weighted by atomic mass is 10.1. The number of hydrogen-bond donors (Lipinski definition) is 2. The number of thioether (sulfide) groups is 1. The number of halogens is 2. The molecule has 0 unspecified atom stereocenters. The van der Waals surface area contributed by atoms with Crippen LogP contribution in [0.1, 0.15) is 11.4 Å². The van der Waals surface area contributed by atoms with Gasteiger partial charge in [-0.05, 0) is 18.2 Å². The molecule has 0 aliphatic heterocycles. The van der Waals surface area contributed by atoms with Gasteiger partial charge in [-0.2, -0.15) is 15.5 Å². The zero-order valence-electron chi connectivity index (χ0n) is 11.7. The van der Waals surface area contributed by atoms with Gasteiger partial charge >= 0.3 is 5.69 Å². The van der Waals surface area contributed by atoms with Crippen molar-refractivity contribution in [1.82, 2.24) is 30.6 Å². The first-order valence-corrected chi connectivity index (χ1v) is 8.17. The molecule has 24 heavy (non-hydrogen) atoms. The smallest absolute Gasteiger partial charge is 0.304 e. The predicted octanol–water partition coefficient (Wildman–Crippen LogP) is 2.42. The standard InChI is InChI=1S/C13H7Cl2N7OS/c14-6-1-2-7(9(15)3-6)11-8(4-16)12(18-13(23)17-11)24-5-10-19-21-22-20-10/h1-3H,5H2,(H,17,18,23)(H,19,20,21,22). The number of H-pyrrole nitrogens is 2. The second kappa shape index (κ2) is 7.00. The lowest BCUT2D eigenvalue weighted by Gasteiger charge is -2.09. The van der Waals surface area contributed by atoms with E-state index >= 15 is 0 Å². The molecule has 0 aliphatic carbocycles. The maximum absolute atomic E-state index is 11.9. The number of aromatic nitrogens is 6. The Kier molecular flexibility index (Phi) is 4.80. The largest absolute Gasteiger partial charge is 0.346 e. The van der Waals surface area contributed by atoms with Crippen LogP contribution in [0.5, 0.6) is 0 Å². The third kappa shape index (κ3) is 3.41. The molecule has 0 bridgehead atoms. The molecule has 3 aromatic rings. The second-order valence-corrected chi connectivity index (χ2v) is 6.26. The molecule has 11 heteroatoms. The van der Waals surface area contributed by atoms with E-state index in [2.05, 4.69) is 36.7 Å². The van der Waals surface area contributed by atoms with E-state index in [1.807, 2.05) is 0 Å². The molecule has 0 saturated heterocycles. The highest BCUT2D eigenvalue weighted by Gasteiger charge is 2.17. The number of tetrazole rings is 1. The summed E-state index contributed by atoms with van der Waals surface area (Å²) in [5, 5.41) is 23.9. The molecule has 0 radical (unpaired) electrons. The van der Waals surface area contributed by atoms with Crippen molar-refractivity contribution < 1.29 is 0 Å². The van der Waals surface area contributed by atoms with Crippen molar-refractivity contribution in [3.63, 3.8) is 0 Å². The van der Waals surface area contributed by atoms with Crippen LogP contribution in [0.15, 0.2) is 28.0 Å². The molecule has 0 atom stereocenters. The van der Waals surface area contributed by atoms with Crippen molar-refractivity contribution in [2.75, 3.05) is 0 Å². The van der Waals surface area contributed by atoms with Crippen molar-refractivity contribution in [2.45, 2.75) is 10.8 Å². The number of hydrogen-bond acceptors (Lipinski definition) is 7. The molecule has 2 N–H and O–H groups in total. The zero-order chi connectivity index (χ0) is 17.1.